The van der Waals surface area contributed by atoms with E-state index in [-0.39, 0.29) is 12.1 Å². The molecule has 0 spiro atoms. The Morgan fingerprint density at radius 3 is 3.21 bits per heavy atom. The largest absolute Gasteiger partial charge is 0.376 e. The maximum absolute atomic E-state index is 5.97. The molecule has 0 radical (unpaired) electrons. The van der Waals surface area contributed by atoms with E-state index in [1.807, 2.05) is 5.38 Å². The lowest BCUT2D eigenvalue weighted by Crippen LogP contribution is -2.44. The lowest BCUT2D eigenvalue weighted by Gasteiger charge is -2.27. The second kappa shape index (κ2) is 4.79. The van der Waals surface area contributed by atoms with Gasteiger partial charge in [-0.05, 0) is 11.5 Å². The summed E-state index contributed by atoms with van der Waals surface area (Å²) in [7, 11) is 0. The Hall–Kier alpha value is -0.560. The minimum atomic E-state index is -0.0563. The zero-order valence-electron chi connectivity index (χ0n) is 7.76. The van der Waals surface area contributed by atoms with Crippen molar-refractivity contribution in [3.63, 3.8) is 0 Å². The molecule has 1 saturated heterocycles. The summed E-state index contributed by atoms with van der Waals surface area (Å²) in [6.45, 7) is 1.88. The number of nitrogens with two attached hydrogens (primary N) is 1. The van der Waals surface area contributed by atoms with Gasteiger partial charge in [0.1, 0.15) is 0 Å². The highest BCUT2D eigenvalue weighted by molar-refractivity contribution is 7.03. The summed E-state index contributed by atoms with van der Waals surface area (Å²) in [4.78, 5) is 0. The summed E-state index contributed by atoms with van der Waals surface area (Å²) in [5.41, 5.74) is 6.90. The van der Waals surface area contributed by atoms with Crippen molar-refractivity contribution in [2.75, 3.05) is 19.8 Å². The third-order valence-corrected chi connectivity index (χ3v) is 2.72. The fraction of sp³-hybridized carbons (Fsp3) is 0.750. The van der Waals surface area contributed by atoms with Crippen LogP contribution in [0.25, 0.3) is 0 Å². The van der Waals surface area contributed by atoms with E-state index in [9.17, 15) is 0 Å². The normalized spacial score (nSPS) is 24.8. The van der Waals surface area contributed by atoms with E-state index in [0.717, 1.165) is 5.69 Å². The van der Waals surface area contributed by atoms with Crippen molar-refractivity contribution in [2.45, 2.75) is 18.6 Å². The molecule has 0 aromatic carbocycles. The average molecular weight is 215 g/mol. The zero-order valence-corrected chi connectivity index (χ0v) is 8.57. The third kappa shape index (κ3) is 2.48. The monoisotopic (exact) mass is 215 g/mol. The van der Waals surface area contributed by atoms with Crippen molar-refractivity contribution in [1.82, 2.24) is 9.59 Å². The molecule has 1 aliphatic heterocycles. The third-order valence-electron chi connectivity index (χ3n) is 2.17. The second-order valence-electron chi connectivity index (χ2n) is 3.25. The molecule has 2 rings (SSSR count). The summed E-state index contributed by atoms with van der Waals surface area (Å²) in [6, 6.07) is -0.0563. The molecule has 5 nitrogen and oxygen atoms in total. The number of aromatic nitrogens is 2. The van der Waals surface area contributed by atoms with E-state index in [1.165, 1.54) is 11.5 Å². The van der Waals surface area contributed by atoms with E-state index >= 15 is 0 Å². The van der Waals surface area contributed by atoms with Gasteiger partial charge in [0.05, 0.1) is 31.6 Å². The first-order valence-corrected chi connectivity index (χ1v) is 5.41. The van der Waals surface area contributed by atoms with E-state index in [1.54, 1.807) is 0 Å². The van der Waals surface area contributed by atoms with Crippen LogP contribution in [0.1, 0.15) is 5.69 Å². The second-order valence-corrected chi connectivity index (χ2v) is 3.86. The van der Waals surface area contributed by atoms with Gasteiger partial charge in [0.25, 0.3) is 0 Å². The molecule has 2 heterocycles. The molecule has 2 N–H and O–H groups in total. The van der Waals surface area contributed by atoms with Gasteiger partial charge in [-0.1, -0.05) is 4.49 Å². The fourth-order valence-corrected chi connectivity index (χ4v) is 1.86. The predicted molar refractivity (Wildman–Crippen MR) is 52.1 cm³/mol. The van der Waals surface area contributed by atoms with E-state index in [0.29, 0.717) is 26.2 Å². The Morgan fingerprint density at radius 1 is 1.64 bits per heavy atom. The molecule has 0 saturated carbocycles. The molecule has 6 heteroatoms. The van der Waals surface area contributed by atoms with Gasteiger partial charge in [0.2, 0.25) is 0 Å². The van der Waals surface area contributed by atoms with Gasteiger partial charge in [0, 0.05) is 17.8 Å². The average Bonchev–Trinajstić information content (AvgIpc) is 2.72. The van der Waals surface area contributed by atoms with Gasteiger partial charge in [-0.25, -0.2) is 0 Å². The van der Waals surface area contributed by atoms with E-state index in [2.05, 4.69) is 9.59 Å². The van der Waals surface area contributed by atoms with Crippen molar-refractivity contribution < 1.29 is 9.47 Å². The molecule has 14 heavy (non-hydrogen) atoms. The molecule has 1 aromatic rings. The summed E-state index contributed by atoms with van der Waals surface area (Å²) in [5.74, 6) is 0. The highest BCUT2D eigenvalue weighted by Crippen LogP contribution is 2.09. The zero-order chi connectivity index (χ0) is 9.80. The number of hydrogen-bond acceptors (Lipinski definition) is 6. The highest BCUT2D eigenvalue weighted by atomic mass is 32.1. The molecule has 2 atom stereocenters. The first kappa shape index (κ1) is 9.97. The van der Waals surface area contributed by atoms with Crippen LogP contribution in [-0.2, 0) is 15.9 Å². The molecule has 0 aliphatic carbocycles. The standard InChI is InChI=1S/C8H13N3O2S/c9-7(3-6-5-14-11-10-6)8-4-12-1-2-13-8/h5,7-8H,1-4,9H2. The van der Waals surface area contributed by atoms with Crippen LogP contribution in [0.3, 0.4) is 0 Å². The number of nitrogens with zero attached hydrogens (tertiary/aromatic N) is 2. The lowest BCUT2D eigenvalue weighted by atomic mass is 10.1. The first-order chi connectivity index (χ1) is 6.86. The number of hydrogen-bond donors (Lipinski definition) is 1. The van der Waals surface area contributed by atoms with Crippen molar-refractivity contribution in [1.29, 1.82) is 0 Å². The number of rotatable bonds is 3. The van der Waals surface area contributed by atoms with Crippen LogP contribution < -0.4 is 5.73 Å². The van der Waals surface area contributed by atoms with Gasteiger partial charge in [0.15, 0.2) is 0 Å². The van der Waals surface area contributed by atoms with Gasteiger partial charge in [-0.2, -0.15) is 0 Å². The molecule has 1 aromatic heterocycles. The molecular formula is C8H13N3O2S. The highest BCUT2D eigenvalue weighted by Gasteiger charge is 2.22. The van der Waals surface area contributed by atoms with Crippen LogP contribution in [0.5, 0.6) is 0 Å². The summed E-state index contributed by atoms with van der Waals surface area (Å²) >= 11 is 1.34. The molecule has 2 unspecified atom stereocenters. The fourth-order valence-electron chi connectivity index (χ4n) is 1.40. The Labute approximate surface area is 86.4 Å². The van der Waals surface area contributed by atoms with E-state index in [4.69, 9.17) is 15.2 Å². The van der Waals surface area contributed by atoms with Crippen molar-refractivity contribution in [2.24, 2.45) is 5.73 Å². The van der Waals surface area contributed by atoms with Gasteiger partial charge >= 0.3 is 0 Å². The molecule has 78 valence electrons. The number of ether oxygens (including phenoxy) is 2. The Kier molecular flexibility index (Phi) is 3.41. The van der Waals surface area contributed by atoms with Crippen molar-refractivity contribution in [3.05, 3.63) is 11.1 Å². The van der Waals surface area contributed by atoms with Crippen LogP contribution in [-0.4, -0.2) is 41.6 Å². The van der Waals surface area contributed by atoms with Crippen LogP contribution in [0, 0.1) is 0 Å². The minimum absolute atomic E-state index is 0.00884. The van der Waals surface area contributed by atoms with Crippen LogP contribution >= 0.6 is 11.5 Å². The maximum atomic E-state index is 5.97. The van der Waals surface area contributed by atoms with Crippen molar-refractivity contribution in [3.8, 4) is 0 Å². The summed E-state index contributed by atoms with van der Waals surface area (Å²) in [5, 5.41) is 5.85. The summed E-state index contributed by atoms with van der Waals surface area (Å²) < 4.78 is 14.6. The Morgan fingerprint density at radius 2 is 2.57 bits per heavy atom. The predicted octanol–water partition coefficient (Wildman–Crippen LogP) is -0.177. The van der Waals surface area contributed by atoms with Gasteiger partial charge in [-0.15, -0.1) is 5.10 Å². The Bertz CT molecular complexity index is 262. The van der Waals surface area contributed by atoms with Crippen LogP contribution in [0.15, 0.2) is 5.38 Å². The maximum Gasteiger partial charge on any atom is 0.0963 e. The summed E-state index contributed by atoms with van der Waals surface area (Å²) in [6.07, 6.45) is 0.690. The molecule has 1 aliphatic rings. The molecule has 0 bridgehead atoms. The smallest absolute Gasteiger partial charge is 0.0963 e. The molecule has 0 amide bonds. The molecular weight excluding hydrogens is 202 g/mol. The topological polar surface area (TPSA) is 70.3 Å². The molecule has 1 fully saturated rings. The van der Waals surface area contributed by atoms with Crippen LogP contribution in [0.4, 0.5) is 0 Å². The van der Waals surface area contributed by atoms with Gasteiger partial charge < -0.3 is 15.2 Å². The lowest BCUT2D eigenvalue weighted by molar-refractivity contribution is -0.0968. The minimum Gasteiger partial charge on any atom is -0.376 e. The first-order valence-electron chi connectivity index (χ1n) is 4.57. The Balaban J connectivity index is 1.85. The SMILES string of the molecule is NC(Cc1csnn1)C1COCCO1. The van der Waals surface area contributed by atoms with Crippen molar-refractivity contribution >= 4 is 11.5 Å². The quantitative estimate of drug-likeness (QED) is 0.757. The van der Waals surface area contributed by atoms with E-state index < -0.39 is 0 Å². The van der Waals surface area contributed by atoms with Crippen LogP contribution in [0.2, 0.25) is 0 Å². The van der Waals surface area contributed by atoms with Gasteiger partial charge in [-0.3, -0.25) is 0 Å².